The highest BCUT2D eigenvalue weighted by Crippen LogP contribution is 2.45. The second kappa shape index (κ2) is 71.5. The molecule has 0 bridgehead atoms. The third-order valence-corrected chi connectivity index (χ3v) is 19.8. The summed E-state index contributed by atoms with van der Waals surface area (Å²) in [6.45, 7) is 7.19. The lowest BCUT2D eigenvalue weighted by molar-refractivity contribution is -0.161. The van der Waals surface area contributed by atoms with E-state index < -0.39 is 97.5 Å². The third kappa shape index (κ3) is 71.9. The van der Waals surface area contributed by atoms with Crippen LogP contribution in [-0.2, 0) is 65.4 Å². The Balaban J connectivity index is 5.22. The quantitative estimate of drug-likeness (QED) is 0.0169. The lowest BCUT2D eigenvalue weighted by Gasteiger charge is -2.21. The SMILES string of the molecule is CCCCCC/C=C\C=C/CCCCCCCC(=O)OC[C@H](COP(=O)(O)OC[C@@H](O)COP(=O)(O)OC[C@@H](COC(=O)CCCCCCCCCCC)OC(=O)CCCCCCCCCCCC(C)C)OC(=O)CCCCCCCCCCCCCCCCCCCCCCCC. The van der Waals surface area contributed by atoms with Gasteiger partial charge in [-0.2, -0.15) is 0 Å². The van der Waals surface area contributed by atoms with Crippen molar-refractivity contribution in [1.82, 2.24) is 0 Å². The molecule has 0 heterocycles. The molecule has 0 saturated heterocycles. The molecule has 0 fully saturated rings. The highest BCUT2D eigenvalue weighted by atomic mass is 31.2. The number of ether oxygens (including phenoxy) is 4. The molecule has 98 heavy (non-hydrogen) atoms. The summed E-state index contributed by atoms with van der Waals surface area (Å²) in [6, 6.07) is 0. The standard InChI is InChI=1S/C79H150O17P2/c1-6-9-12-15-18-21-23-25-27-28-29-30-31-32-33-35-37-39-44-49-54-59-64-78(83)95-75(69-90-77(82)63-58-53-48-43-38-36-34-26-24-22-19-16-13-10-7-2)71-94-98(87,88)92-67-73(80)66-91-97(85,86)93-70-74(68-89-76(81)62-57-52-47-41-20-17-14-11-8-3)96-79(84)65-60-55-50-45-40-42-46-51-56-61-72(4)5/h22,24,26,34,72-75,80H,6-21,23,25,27-33,35-71H2,1-5H3,(H,85,86)(H,87,88)/b24-22-,34-26-/t73-,74+,75+/m0/s1. The van der Waals surface area contributed by atoms with Gasteiger partial charge in [-0.1, -0.05) is 341 Å². The average Bonchev–Trinajstić information content (AvgIpc) is 1.28. The molecule has 0 saturated carbocycles. The summed E-state index contributed by atoms with van der Waals surface area (Å²) in [5, 5.41) is 10.6. The fourth-order valence-electron chi connectivity index (χ4n) is 11.7. The molecule has 17 nitrogen and oxygen atoms in total. The summed E-state index contributed by atoms with van der Waals surface area (Å²) in [5.74, 6) is -1.41. The number of carbonyl (C=O) groups is 4. The maximum absolute atomic E-state index is 13.1. The van der Waals surface area contributed by atoms with Gasteiger partial charge in [-0.3, -0.25) is 37.3 Å². The van der Waals surface area contributed by atoms with Gasteiger partial charge < -0.3 is 33.8 Å². The Hall–Kier alpha value is -2.46. The van der Waals surface area contributed by atoms with Gasteiger partial charge in [-0.05, 0) is 57.3 Å². The summed E-state index contributed by atoms with van der Waals surface area (Å²) in [6.07, 6.45) is 64.8. The first-order valence-electron chi connectivity index (χ1n) is 40.5. The van der Waals surface area contributed by atoms with Crippen LogP contribution in [-0.4, -0.2) is 96.7 Å². The predicted octanol–water partition coefficient (Wildman–Crippen LogP) is 23.2. The van der Waals surface area contributed by atoms with Crippen molar-refractivity contribution in [2.75, 3.05) is 39.6 Å². The van der Waals surface area contributed by atoms with Gasteiger partial charge in [-0.15, -0.1) is 0 Å². The van der Waals surface area contributed by atoms with Crippen molar-refractivity contribution in [3.63, 3.8) is 0 Å². The zero-order chi connectivity index (χ0) is 71.9. The van der Waals surface area contributed by atoms with E-state index in [9.17, 15) is 43.2 Å². The van der Waals surface area contributed by atoms with E-state index in [-0.39, 0.29) is 25.7 Å². The molecule has 0 radical (unpaired) electrons. The molecule has 19 heteroatoms. The van der Waals surface area contributed by atoms with E-state index in [1.807, 2.05) is 0 Å². The molecular formula is C79H150O17P2. The van der Waals surface area contributed by atoms with E-state index in [1.165, 1.54) is 199 Å². The van der Waals surface area contributed by atoms with E-state index in [0.29, 0.717) is 25.7 Å². The molecule has 578 valence electrons. The second-order valence-electron chi connectivity index (χ2n) is 28.2. The average molecular weight is 1430 g/mol. The fraction of sp³-hybridized carbons (Fsp3) is 0.899. The molecule has 0 aromatic carbocycles. The molecule has 2 unspecified atom stereocenters. The van der Waals surface area contributed by atoms with Crippen LogP contribution in [0.5, 0.6) is 0 Å². The fourth-order valence-corrected chi connectivity index (χ4v) is 13.3. The number of aliphatic hydroxyl groups is 1. The minimum atomic E-state index is -4.97. The number of phosphoric acid groups is 2. The van der Waals surface area contributed by atoms with Crippen LogP contribution in [0.4, 0.5) is 0 Å². The number of allylic oxidation sites excluding steroid dienone is 4. The zero-order valence-corrected chi connectivity index (χ0v) is 65.2. The van der Waals surface area contributed by atoms with Gasteiger partial charge >= 0.3 is 39.5 Å². The summed E-state index contributed by atoms with van der Waals surface area (Å²) in [5.41, 5.74) is 0. The minimum absolute atomic E-state index is 0.102. The first kappa shape index (κ1) is 95.5. The molecular weight excluding hydrogens is 1280 g/mol. The largest absolute Gasteiger partial charge is 0.472 e. The zero-order valence-electron chi connectivity index (χ0n) is 63.4. The van der Waals surface area contributed by atoms with Crippen LogP contribution in [0, 0.1) is 5.92 Å². The van der Waals surface area contributed by atoms with Crippen LogP contribution in [0.2, 0.25) is 0 Å². The predicted molar refractivity (Wildman–Crippen MR) is 400 cm³/mol. The Morgan fingerprint density at radius 2 is 0.551 bits per heavy atom. The van der Waals surface area contributed by atoms with Crippen LogP contribution >= 0.6 is 15.6 Å². The maximum Gasteiger partial charge on any atom is 0.472 e. The van der Waals surface area contributed by atoms with Crippen molar-refractivity contribution in [3.05, 3.63) is 24.3 Å². The Morgan fingerprint density at radius 1 is 0.316 bits per heavy atom. The topological polar surface area (TPSA) is 237 Å². The smallest absolute Gasteiger partial charge is 0.462 e. The second-order valence-corrected chi connectivity index (χ2v) is 31.2. The Kier molecular flexibility index (Phi) is 69.7. The van der Waals surface area contributed by atoms with E-state index in [1.54, 1.807) is 0 Å². The van der Waals surface area contributed by atoms with Crippen LogP contribution in [0.3, 0.4) is 0 Å². The van der Waals surface area contributed by atoms with Crippen molar-refractivity contribution < 1.29 is 80.2 Å². The van der Waals surface area contributed by atoms with Gasteiger partial charge in [-0.25, -0.2) is 9.13 Å². The Labute approximate surface area is 599 Å². The van der Waals surface area contributed by atoms with E-state index >= 15 is 0 Å². The van der Waals surface area contributed by atoms with Crippen LogP contribution in [0.1, 0.15) is 394 Å². The maximum atomic E-state index is 13.1. The summed E-state index contributed by atoms with van der Waals surface area (Å²) >= 11 is 0. The van der Waals surface area contributed by atoms with Crippen LogP contribution in [0.25, 0.3) is 0 Å². The summed E-state index contributed by atoms with van der Waals surface area (Å²) in [7, 11) is -9.92. The number of hydrogen-bond acceptors (Lipinski definition) is 15. The molecule has 0 rings (SSSR count). The lowest BCUT2D eigenvalue weighted by Crippen LogP contribution is -2.30. The summed E-state index contributed by atoms with van der Waals surface area (Å²) in [4.78, 5) is 72.8. The van der Waals surface area contributed by atoms with Gasteiger partial charge in [0.1, 0.15) is 19.3 Å². The van der Waals surface area contributed by atoms with Crippen molar-refractivity contribution in [3.8, 4) is 0 Å². The van der Waals surface area contributed by atoms with Gasteiger partial charge in [0, 0.05) is 25.7 Å². The van der Waals surface area contributed by atoms with Gasteiger partial charge in [0.15, 0.2) is 12.2 Å². The highest BCUT2D eigenvalue weighted by Gasteiger charge is 2.30. The van der Waals surface area contributed by atoms with E-state index in [4.69, 9.17) is 37.0 Å². The molecule has 3 N–H and O–H groups in total. The van der Waals surface area contributed by atoms with E-state index in [0.717, 1.165) is 115 Å². The first-order valence-corrected chi connectivity index (χ1v) is 43.4. The molecule has 0 aromatic rings. The third-order valence-electron chi connectivity index (χ3n) is 17.9. The van der Waals surface area contributed by atoms with Gasteiger partial charge in [0.2, 0.25) is 0 Å². The first-order chi connectivity index (χ1) is 47.5. The highest BCUT2D eigenvalue weighted by molar-refractivity contribution is 7.47. The number of aliphatic hydroxyl groups excluding tert-OH is 1. The van der Waals surface area contributed by atoms with E-state index in [2.05, 4.69) is 58.9 Å². The molecule has 0 aliphatic rings. The minimum Gasteiger partial charge on any atom is -0.462 e. The van der Waals surface area contributed by atoms with Gasteiger partial charge in [0.05, 0.1) is 26.4 Å². The Morgan fingerprint density at radius 3 is 0.837 bits per heavy atom. The number of carbonyl (C=O) groups excluding carboxylic acids is 4. The number of phosphoric ester groups is 2. The number of esters is 4. The summed E-state index contributed by atoms with van der Waals surface area (Å²) < 4.78 is 68.5. The monoisotopic (exact) mass is 1430 g/mol. The number of rotatable bonds is 77. The van der Waals surface area contributed by atoms with Crippen molar-refractivity contribution in [1.29, 1.82) is 0 Å². The molecule has 0 aliphatic carbocycles. The normalized spacial score (nSPS) is 14.1. The molecule has 0 aliphatic heterocycles. The molecule has 0 spiro atoms. The van der Waals surface area contributed by atoms with Crippen molar-refractivity contribution in [2.45, 2.75) is 412 Å². The van der Waals surface area contributed by atoms with Gasteiger partial charge in [0.25, 0.3) is 0 Å². The van der Waals surface area contributed by atoms with Crippen LogP contribution < -0.4 is 0 Å². The van der Waals surface area contributed by atoms with Crippen molar-refractivity contribution in [2.24, 2.45) is 5.92 Å². The van der Waals surface area contributed by atoms with Crippen molar-refractivity contribution >= 4 is 39.5 Å². The van der Waals surface area contributed by atoms with Crippen LogP contribution in [0.15, 0.2) is 24.3 Å². The Bertz CT molecular complexity index is 1970. The number of unbranched alkanes of at least 4 members (excludes halogenated alkanes) is 46. The molecule has 5 atom stereocenters. The molecule has 0 aromatic heterocycles. The lowest BCUT2D eigenvalue weighted by atomic mass is 10.0. The number of hydrogen-bond donors (Lipinski definition) is 3. The molecule has 0 amide bonds.